The van der Waals surface area contributed by atoms with E-state index >= 15 is 0 Å². The normalized spacial score (nSPS) is 11.5. The molecule has 124 valence electrons. The highest BCUT2D eigenvalue weighted by molar-refractivity contribution is 5.92. The molecule has 0 bridgehead atoms. The third kappa shape index (κ3) is 3.32. The van der Waals surface area contributed by atoms with Crippen molar-refractivity contribution < 1.29 is 17.9 Å². The van der Waals surface area contributed by atoms with Crippen LogP contribution in [0.3, 0.4) is 0 Å². The van der Waals surface area contributed by atoms with Gasteiger partial charge in [0.05, 0.1) is 5.52 Å². The number of fused-ring (bicyclic) bond motifs is 1. The number of nitrogens with one attached hydrogen (secondary N) is 1. The number of anilines is 2. The standard InChI is InChI=1S/C16H13F3N4O/c1-21-15-12-6-5-10(20)8-13(12)22-14(23-15)9-3-2-4-11(7-9)24-16(17,18)19/h2-8H,20H2,1H3,(H,21,22,23). The Kier molecular flexibility index (Phi) is 3.88. The van der Waals surface area contributed by atoms with Crippen molar-refractivity contribution in [2.45, 2.75) is 6.36 Å². The van der Waals surface area contributed by atoms with E-state index in [0.29, 0.717) is 22.6 Å². The molecule has 3 rings (SSSR count). The van der Waals surface area contributed by atoms with E-state index in [4.69, 9.17) is 5.73 Å². The van der Waals surface area contributed by atoms with Crippen LogP contribution in [0.4, 0.5) is 24.7 Å². The highest BCUT2D eigenvalue weighted by atomic mass is 19.4. The van der Waals surface area contributed by atoms with Crippen molar-refractivity contribution >= 4 is 22.4 Å². The van der Waals surface area contributed by atoms with E-state index in [1.54, 1.807) is 31.3 Å². The molecule has 0 unspecified atom stereocenters. The average molecular weight is 334 g/mol. The first kappa shape index (κ1) is 15.9. The SMILES string of the molecule is CNc1nc(-c2cccc(OC(F)(F)F)c2)nc2cc(N)ccc12. The summed E-state index contributed by atoms with van der Waals surface area (Å²) in [5.74, 6) is 0.490. The van der Waals surface area contributed by atoms with Crippen molar-refractivity contribution in [1.29, 1.82) is 0 Å². The number of alkyl halides is 3. The van der Waals surface area contributed by atoms with Crippen LogP contribution in [0.2, 0.25) is 0 Å². The molecular formula is C16H13F3N4O. The Bertz CT molecular complexity index is 896. The van der Waals surface area contributed by atoms with Crippen LogP contribution < -0.4 is 15.8 Å². The van der Waals surface area contributed by atoms with Gasteiger partial charge in [-0.05, 0) is 30.3 Å². The zero-order chi connectivity index (χ0) is 17.3. The van der Waals surface area contributed by atoms with E-state index in [0.717, 1.165) is 5.39 Å². The second-order valence-electron chi connectivity index (χ2n) is 5.00. The first-order chi connectivity index (χ1) is 11.4. The molecule has 5 nitrogen and oxygen atoms in total. The molecule has 0 aliphatic carbocycles. The lowest BCUT2D eigenvalue weighted by molar-refractivity contribution is -0.274. The van der Waals surface area contributed by atoms with Gasteiger partial charge in [0.1, 0.15) is 11.6 Å². The highest BCUT2D eigenvalue weighted by Gasteiger charge is 2.31. The molecule has 0 aliphatic heterocycles. The van der Waals surface area contributed by atoms with Gasteiger partial charge >= 0.3 is 6.36 Å². The van der Waals surface area contributed by atoms with Gasteiger partial charge in [0.2, 0.25) is 0 Å². The maximum absolute atomic E-state index is 12.4. The largest absolute Gasteiger partial charge is 0.573 e. The van der Waals surface area contributed by atoms with E-state index < -0.39 is 6.36 Å². The number of hydrogen-bond acceptors (Lipinski definition) is 5. The summed E-state index contributed by atoms with van der Waals surface area (Å²) < 4.78 is 41.0. The molecule has 0 atom stereocenters. The fourth-order valence-corrected chi connectivity index (χ4v) is 2.30. The Labute approximate surface area is 135 Å². The molecule has 24 heavy (non-hydrogen) atoms. The van der Waals surface area contributed by atoms with Crippen LogP contribution >= 0.6 is 0 Å². The molecule has 8 heteroatoms. The topological polar surface area (TPSA) is 73.1 Å². The zero-order valence-electron chi connectivity index (χ0n) is 12.6. The molecule has 0 saturated heterocycles. The third-order valence-electron chi connectivity index (χ3n) is 3.28. The van der Waals surface area contributed by atoms with Gasteiger partial charge in [0.25, 0.3) is 0 Å². The van der Waals surface area contributed by atoms with Crippen LogP contribution in [0.25, 0.3) is 22.3 Å². The van der Waals surface area contributed by atoms with E-state index in [1.807, 2.05) is 0 Å². The van der Waals surface area contributed by atoms with Gasteiger partial charge in [0, 0.05) is 23.7 Å². The Balaban J connectivity index is 2.10. The summed E-state index contributed by atoms with van der Waals surface area (Å²) in [6, 6.07) is 10.7. The van der Waals surface area contributed by atoms with Crippen molar-refractivity contribution in [3.8, 4) is 17.1 Å². The fraction of sp³-hybridized carbons (Fsp3) is 0.125. The van der Waals surface area contributed by atoms with Crippen LogP contribution in [0.15, 0.2) is 42.5 Å². The number of rotatable bonds is 3. The number of nitrogens with zero attached hydrogens (tertiary/aromatic N) is 2. The Morgan fingerprint density at radius 3 is 2.58 bits per heavy atom. The second kappa shape index (κ2) is 5.88. The molecule has 0 radical (unpaired) electrons. The minimum absolute atomic E-state index is 0.269. The van der Waals surface area contributed by atoms with Gasteiger partial charge in [-0.1, -0.05) is 12.1 Å². The molecular weight excluding hydrogens is 321 g/mol. The van der Waals surface area contributed by atoms with Gasteiger partial charge in [-0.15, -0.1) is 13.2 Å². The molecule has 0 fully saturated rings. The van der Waals surface area contributed by atoms with Gasteiger partial charge in [-0.25, -0.2) is 9.97 Å². The third-order valence-corrected chi connectivity index (χ3v) is 3.28. The van der Waals surface area contributed by atoms with Crippen LogP contribution in [0.1, 0.15) is 0 Å². The summed E-state index contributed by atoms with van der Waals surface area (Å²) in [7, 11) is 1.70. The van der Waals surface area contributed by atoms with Crippen molar-refractivity contribution in [3.63, 3.8) is 0 Å². The van der Waals surface area contributed by atoms with Gasteiger partial charge in [-0.2, -0.15) is 0 Å². The number of aromatic nitrogens is 2. The lowest BCUT2D eigenvalue weighted by atomic mass is 10.1. The maximum atomic E-state index is 12.4. The average Bonchev–Trinajstić information content (AvgIpc) is 2.52. The maximum Gasteiger partial charge on any atom is 0.573 e. The monoisotopic (exact) mass is 334 g/mol. The van der Waals surface area contributed by atoms with Crippen LogP contribution in [0.5, 0.6) is 5.75 Å². The lowest BCUT2D eigenvalue weighted by Gasteiger charge is -2.11. The first-order valence-corrected chi connectivity index (χ1v) is 6.97. The predicted octanol–water partition coefficient (Wildman–Crippen LogP) is 3.82. The summed E-state index contributed by atoms with van der Waals surface area (Å²) in [5.41, 5.74) is 7.29. The summed E-state index contributed by atoms with van der Waals surface area (Å²) in [4.78, 5) is 8.74. The van der Waals surface area contributed by atoms with Crippen LogP contribution in [-0.2, 0) is 0 Å². The summed E-state index contributed by atoms with van der Waals surface area (Å²) >= 11 is 0. The number of nitrogen functional groups attached to an aromatic ring is 1. The number of nitrogens with two attached hydrogens (primary N) is 1. The van der Waals surface area contributed by atoms with E-state index in [1.165, 1.54) is 18.2 Å². The molecule has 0 amide bonds. The molecule has 1 heterocycles. The Hall–Kier alpha value is -3.03. The molecule has 3 aromatic rings. The van der Waals surface area contributed by atoms with E-state index in [2.05, 4.69) is 20.0 Å². The quantitative estimate of drug-likeness (QED) is 0.713. The van der Waals surface area contributed by atoms with E-state index in [9.17, 15) is 13.2 Å². The van der Waals surface area contributed by atoms with Crippen molar-refractivity contribution in [2.24, 2.45) is 0 Å². The van der Waals surface area contributed by atoms with Gasteiger partial charge in [-0.3, -0.25) is 0 Å². The molecule has 1 aromatic heterocycles. The van der Waals surface area contributed by atoms with Crippen LogP contribution in [-0.4, -0.2) is 23.4 Å². The summed E-state index contributed by atoms with van der Waals surface area (Å²) in [6.45, 7) is 0. The predicted molar refractivity (Wildman–Crippen MR) is 85.6 cm³/mol. The van der Waals surface area contributed by atoms with Crippen LogP contribution in [0, 0.1) is 0 Å². The summed E-state index contributed by atoms with van der Waals surface area (Å²) in [6.07, 6.45) is -4.76. The van der Waals surface area contributed by atoms with Crippen molar-refractivity contribution in [1.82, 2.24) is 9.97 Å². The molecule has 0 aliphatic rings. The Morgan fingerprint density at radius 1 is 1.08 bits per heavy atom. The molecule has 0 spiro atoms. The van der Waals surface area contributed by atoms with Crippen molar-refractivity contribution in [2.75, 3.05) is 18.1 Å². The first-order valence-electron chi connectivity index (χ1n) is 6.97. The molecule has 0 saturated carbocycles. The smallest absolute Gasteiger partial charge is 0.406 e. The van der Waals surface area contributed by atoms with E-state index in [-0.39, 0.29) is 11.6 Å². The Morgan fingerprint density at radius 2 is 1.88 bits per heavy atom. The van der Waals surface area contributed by atoms with Crippen molar-refractivity contribution in [3.05, 3.63) is 42.5 Å². The zero-order valence-corrected chi connectivity index (χ0v) is 12.6. The number of benzene rings is 2. The number of ether oxygens (including phenoxy) is 1. The second-order valence-corrected chi connectivity index (χ2v) is 5.00. The molecule has 3 N–H and O–H groups in total. The molecule has 2 aromatic carbocycles. The van der Waals surface area contributed by atoms with Gasteiger partial charge in [0.15, 0.2) is 5.82 Å². The minimum atomic E-state index is -4.76. The number of hydrogen-bond donors (Lipinski definition) is 2. The minimum Gasteiger partial charge on any atom is -0.406 e. The number of halogens is 3. The lowest BCUT2D eigenvalue weighted by Crippen LogP contribution is -2.17. The fourth-order valence-electron chi connectivity index (χ4n) is 2.30. The summed E-state index contributed by atoms with van der Waals surface area (Å²) in [5, 5.41) is 3.71. The van der Waals surface area contributed by atoms with Gasteiger partial charge < -0.3 is 15.8 Å². The highest BCUT2D eigenvalue weighted by Crippen LogP contribution is 2.29.